The third-order valence-electron chi connectivity index (χ3n) is 7.78. The number of para-hydroxylation sites is 3. The van der Waals surface area contributed by atoms with Crippen molar-refractivity contribution in [3.63, 3.8) is 0 Å². The van der Waals surface area contributed by atoms with Gasteiger partial charge in [-0.05, 0) is 59.2 Å². The maximum Gasteiger partial charge on any atom is 0.189 e. The van der Waals surface area contributed by atoms with Gasteiger partial charge in [0, 0.05) is 32.8 Å². The van der Waals surface area contributed by atoms with E-state index in [0.29, 0.717) is 5.69 Å². The lowest BCUT2D eigenvalue weighted by Crippen LogP contribution is -1.94. The van der Waals surface area contributed by atoms with Crippen molar-refractivity contribution in [1.29, 1.82) is 0 Å². The van der Waals surface area contributed by atoms with Crippen molar-refractivity contribution in [1.82, 2.24) is 4.57 Å². The summed E-state index contributed by atoms with van der Waals surface area (Å²) in [6, 6.07) is 46.0. The zero-order chi connectivity index (χ0) is 26.6. The van der Waals surface area contributed by atoms with E-state index >= 15 is 0 Å². The Morgan fingerprint density at radius 3 is 1.98 bits per heavy atom. The molecule has 0 aliphatic carbocycles. The SMILES string of the molecule is [C-]#[N+]c1cc(-c2ccc3oc4c(-c5ccccc5)cccc4c3c2)cc(-n2c3ccccc3c3ccccc32)c1. The molecule has 0 saturated carbocycles. The van der Waals surface area contributed by atoms with Crippen LogP contribution in [0, 0.1) is 6.57 Å². The van der Waals surface area contributed by atoms with Gasteiger partial charge in [0.25, 0.3) is 0 Å². The van der Waals surface area contributed by atoms with Crippen LogP contribution in [0.25, 0.3) is 76.5 Å². The second-order valence-corrected chi connectivity index (χ2v) is 10.1. The van der Waals surface area contributed by atoms with Crippen molar-refractivity contribution in [2.24, 2.45) is 0 Å². The monoisotopic (exact) mass is 510 g/mol. The Bertz CT molecular complexity index is 2230. The highest BCUT2D eigenvalue weighted by Crippen LogP contribution is 2.39. The number of nitrogens with zero attached hydrogens (tertiary/aromatic N) is 2. The summed E-state index contributed by atoms with van der Waals surface area (Å²) in [4.78, 5) is 3.85. The van der Waals surface area contributed by atoms with E-state index in [1.54, 1.807) is 0 Å². The van der Waals surface area contributed by atoms with Crippen molar-refractivity contribution >= 4 is 49.4 Å². The Kier molecular flexibility index (Phi) is 4.89. The molecule has 186 valence electrons. The lowest BCUT2D eigenvalue weighted by atomic mass is 9.99. The minimum atomic E-state index is 0.609. The molecular weight excluding hydrogens is 488 g/mol. The third kappa shape index (κ3) is 3.37. The molecule has 0 atom stereocenters. The first-order valence-corrected chi connectivity index (χ1v) is 13.3. The predicted molar refractivity (Wildman–Crippen MR) is 165 cm³/mol. The molecule has 0 saturated heterocycles. The number of hydrogen-bond donors (Lipinski definition) is 0. The van der Waals surface area contributed by atoms with E-state index in [4.69, 9.17) is 11.0 Å². The van der Waals surface area contributed by atoms with E-state index < -0.39 is 0 Å². The van der Waals surface area contributed by atoms with Gasteiger partial charge in [0.15, 0.2) is 5.69 Å². The normalized spacial score (nSPS) is 11.5. The van der Waals surface area contributed by atoms with Crippen LogP contribution in [0.2, 0.25) is 0 Å². The summed E-state index contributed by atoms with van der Waals surface area (Å²) >= 11 is 0. The molecule has 8 aromatic rings. The minimum absolute atomic E-state index is 0.609. The summed E-state index contributed by atoms with van der Waals surface area (Å²) in [6.45, 7) is 7.87. The number of benzene rings is 6. The second kappa shape index (κ2) is 8.73. The Labute approximate surface area is 231 Å². The highest BCUT2D eigenvalue weighted by atomic mass is 16.3. The summed E-state index contributed by atoms with van der Waals surface area (Å²) in [7, 11) is 0. The van der Waals surface area contributed by atoms with Gasteiger partial charge >= 0.3 is 0 Å². The van der Waals surface area contributed by atoms with E-state index in [9.17, 15) is 0 Å². The maximum atomic E-state index is 7.87. The van der Waals surface area contributed by atoms with E-state index in [0.717, 1.165) is 60.9 Å². The smallest absolute Gasteiger partial charge is 0.189 e. The number of fused-ring (bicyclic) bond motifs is 6. The van der Waals surface area contributed by atoms with Gasteiger partial charge in [-0.3, -0.25) is 0 Å². The Hall–Kier alpha value is -5.59. The zero-order valence-corrected chi connectivity index (χ0v) is 21.5. The van der Waals surface area contributed by atoms with Crippen LogP contribution in [0.4, 0.5) is 5.69 Å². The van der Waals surface area contributed by atoms with Gasteiger partial charge in [-0.2, -0.15) is 0 Å². The molecule has 0 amide bonds. The van der Waals surface area contributed by atoms with Gasteiger partial charge in [-0.25, -0.2) is 4.85 Å². The summed E-state index contributed by atoms with van der Waals surface area (Å²) in [6.07, 6.45) is 0. The van der Waals surface area contributed by atoms with Crippen LogP contribution >= 0.6 is 0 Å². The van der Waals surface area contributed by atoms with Gasteiger partial charge in [0.2, 0.25) is 0 Å². The van der Waals surface area contributed by atoms with Crippen LogP contribution in [0.15, 0.2) is 138 Å². The molecule has 3 nitrogen and oxygen atoms in total. The second-order valence-electron chi connectivity index (χ2n) is 10.1. The van der Waals surface area contributed by atoms with E-state index in [1.165, 1.54) is 10.8 Å². The topological polar surface area (TPSA) is 22.4 Å². The lowest BCUT2D eigenvalue weighted by molar-refractivity contribution is 0.670. The minimum Gasteiger partial charge on any atom is -0.455 e. The molecule has 0 N–H and O–H groups in total. The fourth-order valence-electron chi connectivity index (χ4n) is 5.98. The first kappa shape index (κ1) is 22.4. The van der Waals surface area contributed by atoms with Crippen LogP contribution in [0.3, 0.4) is 0 Å². The van der Waals surface area contributed by atoms with E-state index in [2.05, 4.69) is 106 Å². The fourth-order valence-corrected chi connectivity index (χ4v) is 5.98. The summed E-state index contributed by atoms with van der Waals surface area (Å²) in [5, 5.41) is 4.56. The van der Waals surface area contributed by atoms with Crippen molar-refractivity contribution < 1.29 is 4.42 Å². The highest BCUT2D eigenvalue weighted by molar-refractivity contribution is 6.11. The molecule has 0 radical (unpaired) electrons. The molecule has 2 aromatic heterocycles. The summed E-state index contributed by atoms with van der Waals surface area (Å²) in [5.74, 6) is 0. The van der Waals surface area contributed by atoms with Crippen LogP contribution in [0.5, 0.6) is 0 Å². The van der Waals surface area contributed by atoms with Gasteiger partial charge in [-0.1, -0.05) is 91.0 Å². The van der Waals surface area contributed by atoms with Crippen LogP contribution in [-0.4, -0.2) is 4.57 Å². The molecular formula is C37H22N2O. The van der Waals surface area contributed by atoms with Crippen molar-refractivity contribution in [3.05, 3.63) is 145 Å². The molecule has 3 heteroatoms. The molecule has 0 bridgehead atoms. The largest absolute Gasteiger partial charge is 0.455 e. The molecule has 8 rings (SSSR count). The molecule has 6 aromatic carbocycles. The number of hydrogen-bond acceptors (Lipinski definition) is 1. The molecule has 0 spiro atoms. The number of aromatic nitrogens is 1. The molecule has 40 heavy (non-hydrogen) atoms. The third-order valence-corrected chi connectivity index (χ3v) is 7.78. The van der Waals surface area contributed by atoms with Crippen molar-refractivity contribution in [2.45, 2.75) is 0 Å². The Morgan fingerprint density at radius 2 is 1.23 bits per heavy atom. The fraction of sp³-hybridized carbons (Fsp3) is 0. The molecule has 0 fully saturated rings. The average molecular weight is 511 g/mol. The van der Waals surface area contributed by atoms with Crippen LogP contribution < -0.4 is 0 Å². The Morgan fingerprint density at radius 1 is 0.525 bits per heavy atom. The first-order valence-electron chi connectivity index (χ1n) is 13.3. The van der Waals surface area contributed by atoms with Crippen LogP contribution in [0.1, 0.15) is 0 Å². The lowest BCUT2D eigenvalue weighted by Gasteiger charge is -2.12. The summed E-state index contributed by atoms with van der Waals surface area (Å²) in [5.41, 5.74) is 9.85. The van der Waals surface area contributed by atoms with Crippen molar-refractivity contribution in [2.75, 3.05) is 0 Å². The first-order chi connectivity index (χ1) is 19.8. The quantitative estimate of drug-likeness (QED) is 0.217. The predicted octanol–water partition coefficient (Wildman–Crippen LogP) is 10.6. The van der Waals surface area contributed by atoms with Crippen molar-refractivity contribution in [3.8, 4) is 27.9 Å². The van der Waals surface area contributed by atoms with E-state index in [-0.39, 0.29) is 0 Å². The Balaban J connectivity index is 1.34. The van der Waals surface area contributed by atoms with Crippen LogP contribution in [-0.2, 0) is 0 Å². The maximum absolute atomic E-state index is 7.87. The average Bonchev–Trinajstić information content (AvgIpc) is 3.57. The highest BCUT2D eigenvalue weighted by Gasteiger charge is 2.16. The molecule has 0 aliphatic heterocycles. The molecule has 2 heterocycles. The molecule has 0 unspecified atom stereocenters. The van der Waals surface area contributed by atoms with E-state index in [1.807, 2.05) is 36.4 Å². The number of furan rings is 1. The summed E-state index contributed by atoms with van der Waals surface area (Å²) < 4.78 is 8.66. The molecule has 0 aliphatic rings. The number of rotatable bonds is 3. The van der Waals surface area contributed by atoms with Gasteiger partial charge in [0.1, 0.15) is 11.2 Å². The van der Waals surface area contributed by atoms with Gasteiger partial charge in [0.05, 0.1) is 17.6 Å². The standard InChI is InChI=1S/C37H22N2O/c1-38-27-20-26(21-28(23-27)39-34-16-7-5-12-30(34)31-13-6-8-17-35(31)39)25-18-19-36-33(22-25)32-15-9-14-29(37(32)40-36)24-10-3-2-4-11-24/h2-23H. The zero-order valence-electron chi connectivity index (χ0n) is 21.5. The van der Waals surface area contributed by atoms with Gasteiger partial charge in [-0.15, -0.1) is 0 Å². The van der Waals surface area contributed by atoms with Gasteiger partial charge < -0.3 is 8.98 Å².